The number of piperidine rings is 1. The summed E-state index contributed by atoms with van der Waals surface area (Å²) in [6.07, 6.45) is 3.68. The van der Waals surface area contributed by atoms with Crippen LogP contribution >= 0.6 is 0 Å². The maximum absolute atomic E-state index is 13.1. The van der Waals surface area contributed by atoms with Crippen molar-refractivity contribution in [3.63, 3.8) is 0 Å². The van der Waals surface area contributed by atoms with Crippen LogP contribution in [0, 0.1) is 19.8 Å². The van der Waals surface area contributed by atoms with Crippen molar-refractivity contribution in [1.82, 2.24) is 24.5 Å². The zero-order chi connectivity index (χ0) is 22.0. The van der Waals surface area contributed by atoms with Crippen molar-refractivity contribution < 1.29 is 9.59 Å². The highest BCUT2D eigenvalue weighted by Gasteiger charge is 2.32. The molecule has 166 valence electrons. The molecule has 0 N–H and O–H groups in total. The van der Waals surface area contributed by atoms with Gasteiger partial charge in [0.1, 0.15) is 0 Å². The number of aromatic nitrogens is 2. The van der Waals surface area contributed by atoms with Gasteiger partial charge >= 0.3 is 6.03 Å². The Bertz CT molecular complexity index is 925. The number of nitrogens with zero attached hydrogens (tertiary/aromatic N) is 5. The standard InChI is InChI=1S/C24H33N5O2/c1-18-22(19(2)29(25-18)21-9-5-4-6-10-21)17-26(3)23(30)20-11-15-28(16-12-20)24(31)27-13-7-8-14-27/h4-6,9-10,20H,7-8,11-17H2,1-3H3. The highest BCUT2D eigenvalue weighted by atomic mass is 16.2. The van der Waals surface area contributed by atoms with Crippen molar-refractivity contribution in [3.05, 3.63) is 47.3 Å². The number of benzene rings is 1. The lowest BCUT2D eigenvalue weighted by atomic mass is 9.95. The SMILES string of the molecule is Cc1nn(-c2ccccc2)c(C)c1CN(C)C(=O)C1CCN(C(=O)N2CCCC2)CC1. The van der Waals surface area contributed by atoms with Crippen molar-refractivity contribution in [3.8, 4) is 5.69 Å². The minimum absolute atomic E-state index is 0.0163. The maximum atomic E-state index is 13.1. The first-order valence-electron chi connectivity index (χ1n) is 11.3. The molecular weight excluding hydrogens is 390 g/mol. The van der Waals surface area contributed by atoms with Gasteiger partial charge in [-0.3, -0.25) is 4.79 Å². The van der Waals surface area contributed by atoms with E-state index in [1.54, 1.807) is 0 Å². The Hall–Kier alpha value is -2.83. The molecule has 1 aromatic heterocycles. The number of urea groups is 1. The number of amides is 3. The predicted octanol–water partition coefficient (Wildman–Crippen LogP) is 3.38. The summed E-state index contributed by atoms with van der Waals surface area (Å²) in [6, 6.07) is 10.2. The fourth-order valence-corrected chi connectivity index (χ4v) is 4.78. The van der Waals surface area contributed by atoms with Crippen molar-refractivity contribution in [2.45, 2.75) is 46.1 Å². The van der Waals surface area contributed by atoms with E-state index in [1.807, 2.05) is 63.7 Å². The number of carbonyl (C=O) groups is 2. The van der Waals surface area contributed by atoms with Crippen LogP contribution in [0.4, 0.5) is 4.79 Å². The second kappa shape index (κ2) is 9.12. The number of hydrogen-bond donors (Lipinski definition) is 0. The lowest BCUT2D eigenvalue weighted by Gasteiger charge is -2.35. The lowest BCUT2D eigenvalue weighted by Crippen LogP contribution is -2.47. The van der Waals surface area contributed by atoms with Crippen molar-refractivity contribution in [1.29, 1.82) is 0 Å². The highest BCUT2D eigenvalue weighted by molar-refractivity contribution is 5.79. The van der Waals surface area contributed by atoms with E-state index in [2.05, 4.69) is 6.92 Å². The molecule has 3 amide bonds. The molecule has 31 heavy (non-hydrogen) atoms. The third-order valence-electron chi connectivity index (χ3n) is 6.70. The number of carbonyl (C=O) groups excluding carboxylic acids is 2. The zero-order valence-electron chi connectivity index (χ0n) is 18.9. The number of para-hydroxylation sites is 1. The van der Waals surface area contributed by atoms with Crippen LogP contribution in [0.2, 0.25) is 0 Å². The number of hydrogen-bond acceptors (Lipinski definition) is 3. The van der Waals surface area contributed by atoms with Crippen molar-refractivity contribution in [2.24, 2.45) is 5.92 Å². The van der Waals surface area contributed by atoms with Gasteiger partial charge in [0.15, 0.2) is 0 Å². The van der Waals surface area contributed by atoms with Gasteiger partial charge in [0.05, 0.1) is 11.4 Å². The van der Waals surface area contributed by atoms with Crippen molar-refractivity contribution in [2.75, 3.05) is 33.2 Å². The Kier molecular flexibility index (Phi) is 6.30. The van der Waals surface area contributed by atoms with Gasteiger partial charge in [-0.1, -0.05) is 18.2 Å². The molecule has 0 unspecified atom stereocenters. The van der Waals surface area contributed by atoms with Gasteiger partial charge in [-0.05, 0) is 51.7 Å². The Morgan fingerprint density at radius 1 is 1.00 bits per heavy atom. The average Bonchev–Trinajstić information content (AvgIpc) is 3.43. The zero-order valence-corrected chi connectivity index (χ0v) is 18.9. The molecule has 2 aliphatic rings. The molecule has 0 bridgehead atoms. The normalized spacial score (nSPS) is 17.3. The largest absolute Gasteiger partial charge is 0.341 e. The molecule has 3 heterocycles. The molecule has 0 radical (unpaired) electrons. The van der Waals surface area contributed by atoms with Crippen LogP contribution in [0.15, 0.2) is 30.3 Å². The maximum Gasteiger partial charge on any atom is 0.319 e. The van der Waals surface area contributed by atoms with Crippen LogP contribution in [0.25, 0.3) is 5.69 Å². The molecule has 4 rings (SSSR count). The van der Waals surface area contributed by atoms with E-state index in [4.69, 9.17) is 5.10 Å². The Labute approximate surface area is 184 Å². The summed E-state index contributed by atoms with van der Waals surface area (Å²) in [7, 11) is 1.88. The molecule has 2 aliphatic heterocycles. The summed E-state index contributed by atoms with van der Waals surface area (Å²) in [4.78, 5) is 31.4. The van der Waals surface area contributed by atoms with E-state index >= 15 is 0 Å². The second-order valence-corrected chi connectivity index (χ2v) is 8.83. The third kappa shape index (κ3) is 4.45. The molecule has 0 atom stereocenters. The van der Waals surface area contributed by atoms with Gasteiger partial charge in [0.2, 0.25) is 5.91 Å². The molecule has 7 nitrogen and oxygen atoms in total. The fourth-order valence-electron chi connectivity index (χ4n) is 4.78. The second-order valence-electron chi connectivity index (χ2n) is 8.83. The van der Waals surface area contributed by atoms with Crippen LogP contribution in [0.1, 0.15) is 42.6 Å². The van der Waals surface area contributed by atoms with E-state index in [1.165, 1.54) is 0 Å². The smallest absolute Gasteiger partial charge is 0.319 e. The predicted molar refractivity (Wildman–Crippen MR) is 120 cm³/mol. The monoisotopic (exact) mass is 423 g/mol. The average molecular weight is 424 g/mol. The molecule has 2 aromatic rings. The molecule has 2 saturated heterocycles. The summed E-state index contributed by atoms with van der Waals surface area (Å²) in [5.41, 5.74) is 4.14. The highest BCUT2D eigenvalue weighted by Crippen LogP contribution is 2.24. The topological polar surface area (TPSA) is 61.7 Å². The van der Waals surface area contributed by atoms with Gasteiger partial charge in [-0.15, -0.1) is 0 Å². The minimum Gasteiger partial charge on any atom is -0.341 e. The summed E-state index contributed by atoms with van der Waals surface area (Å²) in [6.45, 7) is 7.70. The van der Waals surface area contributed by atoms with Crippen LogP contribution in [-0.2, 0) is 11.3 Å². The Morgan fingerprint density at radius 2 is 1.61 bits per heavy atom. The first-order valence-corrected chi connectivity index (χ1v) is 11.3. The van der Waals surface area contributed by atoms with Crippen molar-refractivity contribution >= 4 is 11.9 Å². The van der Waals surface area contributed by atoms with E-state index in [9.17, 15) is 9.59 Å². The lowest BCUT2D eigenvalue weighted by molar-refractivity contribution is -0.136. The van der Waals surface area contributed by atoms with E-state index < -0.39 is 0 Å². The number of rotatable bonds is 4. The van der Waals surface area contributed by atoms with Gasteiger partial charge in [0, 0.05) is 56.9 Å². The van der Waals surface area contributed by atoms with Crippen LogP contribution in [0.3, 0.4) is 0 Å². The number of likely N-dealkylation sites (tertiary alicyclic amines) is 2. The molecule has 0 spiro atoms. The van der Waals surface area contributed by atoms with E-state index in [-0.39, 0.29) is 17.9 Å². The molecule has 0 aliphatic carbocycles. The summed E-state index contributed by atoms with van der Waals surface area (Å²) < 4.78 is 1.95. The van der Waals surface area contributed by atoms with Crippen LogP contribution < -0.4 is 0 Å². The molecule has 7 heteroatoms. The van der Waals surface area contributed by atoms with Gasteiger partial charge in [-0.2, -0.15) is 5.10 Å². The van der Waals surface area contributed by atoms with Crippen LogP contribution in [0.5, 0.6) is 0 Å². The van der Waals surface area contributed by atoms with E-state index in [0.29, 0.717) is 19.6 Å². The molecule has 0 saturated carbocycles. The Morgan fingerprint density at radius 3 is 2.26 bits per heavy atom. The van der Waals surface area contributed by atoms with Gasteiger partial charge < -0.3 is 14.7 Å². The van der Waals surface area contributed by atoms with Gasteiger partial charge in [-0.25, -0.2) is 9.48 Å². The molecule has 2 fully saturated rings. The first-order chi connectivity index (χ1) is 15.0. The minimum atomic E-state index is -0.0163. The quantitative estimate of drug-likeness (QED) is 0.757. The number of aryl methyl sites for hydroxylation is 1. The summed E-state index contributed by atoms with van der Waals surface area (Å²) >= 11 is 0. The van der Waals surface area contributed by atoms with Gasteiger partial charge in [0.25, 0.3) is 0 Å². The molecule has 1 aromatic carbocycles. The first kappa shape index (κ1) is 21.4. The summed E-state index contributed by atoms with van der Waals surface area (Å²) in [5.74, 6) is 0.150. The van der Waals surface area contributed by atoms with E-state index in [0.717, 1.165) is 61.4 Å². The molecular formula is C24H33N5O2. The third-order valence-corrected chi connectivity index (χ3v) is 6.70. The van der Waals surface area contributed by atoms with Crippen LogP contribution in [-0.4, -0.2) is 69.6 Å². The Balaban J connectivity index is 1.36. The summed E-state index contributed by atoms with van der Waals surface area (Å²) in [5, 5.41) is 4.70. The fraction of sp³-hybridized carbons (Fsp3) is 0.542.